The number of ether oxygens (including phenoxy) is 1. The molecule has 0 atom stereocenters. The second-order valence-corrected chi connectivity index (χ2v) is 3.83. The van der Waals surface area contributed by atoms with E-state index in [4.69, 9.17) is 10.5 Å². The lowest BCUT2D eigenvalue weighted by atomic mass is 10.3. The molecule has 1 aromatic heterocycles. The number of nitrogens with zero attached hydrogens (tertiary/aromatic N) is 2. The van der Waals surface area contributed by atoms with E-state index in [1.54, 1.807) is 13.2 Å². The van der Waals surface area contributed by atoms with Crippen LogP contribution in [0.5, 0.6) is 0 Å². The average Bonchev–Trinajstić information content (AvgIpc) is 2.37. The number of hydrogen-bond acceptors (Lipinski definition) is 5. The van der Waals surface area contributed by atoms with Crippen LogP contribution in [0.4, 0.5) is 17.3 Å². The van der Waals surface area contributed by atoms with E-state index in [9.17, 15) is 0 Å². The molecular formula is C13H16N4O. The Labute approximate surface area is 106 Å². The molecule has 0 bridgehead atoms. The first-order chi connectivity index (χ1) is 8.78. The molecule has 18 heavy (non-hydrogen) atoms. The minimum Gasteiger partial charge on any atom is -0.384 e. The molecule has 1 heterocycles. The summed E-state index contributed by atoms with van der Waals surface area (Å²) in [6, 6.07) is 11.5. The fourth-order valence-electron chi connectivity index (χ4n) is 1.56. The summed E-state index contributed by atoms with van der Waals surface area (Å²) in [6.07, 6.45) is 0.644. The Morgan fingerprint density at radius 3 is 2.72 bits per heavy atom. The summed E-state index contributed by atoms with van der Waals surface area (Å²) >= 11 is 0. The van der Waals surface area contributed by atoms with Crippen LogP contribution in [0.1, 0.15) is 5.82 Å². The lowest BCUT2D eigenvalue weighted by molar-refractivity contribution is 0.200. The second-order valence-electron chi connectivity index (χ2n) is 3.83. The Morgan fingerprint density at radius 2 is 2.00 bits per heavy atom. The summed E-state index contributed by atoms with van der Waals surface area (Å²) in [6.45, 7) is 0.578. The van der Waals surface area contributed by atoms with Crippen LogP contribution in [0, 0.1) is 0 Å². The molecule has 0 unspecified atom stereocenters. The number of methoxy groups -OCH3 is 1. The lowest BCUT2D eigenvalue weighted by Gasteiger charge is -2.08. The highest BCUT2D eigenvalue weighted by atomic mass is 16.5. The SMILES string of the molecule is COCCc1nc(N)cc(Nc2ccccc2)n1. The topological polar surface area (TPSA) is 73.1 Å². The molecule has 0 aliphatic rings. The van der Waals surface area contributed by atoms with Gasteiger partial charge in [0.2, 0.25) is 0 Å². The number of para-hydroxylation sites is 1. The van der Waals surface area contributed by atoms with Gasteiger partial charge in [-0.3, -0.25) is 0 Å². The molecule has 0 fully saturated rings. The van der Waals surface area contributed by atoms with E-state index in [-0.39, 0.29) is 0 Å². The van der Waals surface area contributed by atoms with Crippen molar-refractivity contribution in [3.05, 3.63) is 42.2 Å². The molecule has 0 aliphatic carbocycles. The number of anilines is 3. The Bertz CT molecular complexity index is 502. The molecule has 0 spiro atoms. The molecule has 0 saturated heterocycles. The predicted octanol–water partition coefficient (Wildman–Crippen LogP) is 1.99. The van der Waals surface area contributed by atoms with E-state index < -0.39 is 0 Å². The van der Waals surface area contributed by atoms with Gasteiger partial charge in [-0.05, 0) is 12.1 Å². The highest BCUT2D eigenvalue weighted by molar-refractivity contribution is 5.58. The standard InChI is InChI=1S/C13H16N4O/c1-18-8-7-12-16-11(14)9-13(17-12)15-10-5-3-2-4-6-10/h2-6,9H,7-8H2,1H3,(H3,14,15,16,17). The first-order valence-corrected chi connectivity index (χ1v) is 5.72. The van der Waals surface area contributed by atoms with Crippen LogP contribution < -0.4 is 11.1 Å². The fraction of sp³-hybridized carbons (Fsp3) is 0.231. The van der Waals surface area contributed by atoms with Crippen molar-refractivity contribution >= 4 is 17.3 Å². The van der Waals surface area contributed by atoms with E-state index in [0.29, 0.717) is 30.5 Å². The predicted molar refractivity (Wildman–Crippen MR) is 71.7 cm³/mol. The zero-order chi connectivity index (χ0) is 12.8. The van der Waals surface area contributed by atoms with Crippen molar-refractivity contribution in [3.63, 3.8) is 0 Å². The van der Waals surface area contributed by atoms with Gasteiger partial charge in [0.05, 0.1) is 6.61 Å². The number of hydrogen-bond donors (Lipinski definition) is 2. The number of rotatable bonds is 5. The fourth-order valence-corrected chi connectivity index (χ4v) is 1.56. The van der Waals surface area contributed by atoms with E-state index in [2.05, 4.69) is 15.3 Å². The van der Waals surface area contributed by atoms with Crippen LogP contribution in [0.25, 0.3) is 0 Å². The molecule has 5 heteroatoms. The van der Waals surface area contributed by atoms with Gasteiger partial charge < -0.3 is 15.8 Å². The van der Waals surface area contributed by atoms with Gasteiger partial charge in [0.15, 0.2) is 0 Å². The second kappa shape index (κ2) is 5.97. The Kier molecular flexibility index (Phi) is 4.09. The summed E-state index contributed by atoms with van der Waals surface area (Å²) < 4.78 is 5.00. The quantitative estimate of drug-likeness (QED) is 0.841. The number of nitrogens with two attached hydrogens (primary N) is 1. The molecule has 94 valence electrons. The van der Waals surface area contributed by atoms with Gasteiger partial charge in [0.25, 0.3) is 0 Å². The molecule has 0 saturated carbocycles. The van der Waals surface area contributed by atoms with Crippen LogP contribution in [-0.2, 0) is 11.2 Å². The molecule has 2 rings (SSSR count). The third-order valence-electron chi connectivity index (χ3n) is 2.37. The number of nitrogens with one attached hydrogen (secondary N) is 1. The minimum absolute atomic E-state index is 0.453. The van der Waals surface area contributed by atoms with Gasteiger partial charge in [-0.15, -0.1) is 0 Å². The van der Waals surface area contributed by atoms with Gasteiger partial charge in [-0.2, -0.15) is 0 Å². The third-order valence-corrected chi connectivity index (χ3v) is 2.37. The van der Waals surface area contributed by atoms with Gasteiger partial charge >= 0.3 is 0 Å². The molecule has 5 nitrogen and oxygen atoms in total. The zero-order valence-corrected chi connectivity index (χ0v) is 10.3. The number of aromatic nitrogens is 2. The monoisotopic (exact) mass is 244 g/mol. The molecule has 3 N–H and O–H groups in total. The summed E-state index contributed by atoms with van der Waals surface area (Å²) in [5.74, 6) is 1.82. The summed E-state index contributed by atoms with van der Waals surface area (Å²) in [5, 5.41) is 3.19. The maximum absolute atomic E-state index is 5.75. The first kappa shape index (κ1) is 12.3. The maximum Gasteiger partial charge on any atom is 0.136 e. The van der Waals surface area contributed by atoms with E-state index in [1.165, 1.54) is 0 Å². The molecular weight excluding hydrogens is 228 g/mol. The van der Waals surface area contributed by atoms with Gasteiger partial charge in [0, 0.05) is 25.3 Å². The smallest absolute Gasteiger partial charge is 0.136 e. The molecule has 0 amide bonds. The van der Waals surface area contributed by atoms with Gasteiger partial charge in [-0.25, -0.2) is 9.97 Å². The van der Waals surface area contributed by atoms with Crippen LogP contribution >= 0.6 is 0 Å². The van der Waals surface area contributed by atoms with E-state index in [0.717, 1.165) is 5.69 Å². The Balaban J connectivity index is 2.15. The average molecular weight is 244 g/mol. The van der Waals surface area contributed by atoms with Crippen molar-refractivity contribution in [2.75, 3.05) is 24.8 Å². The number of benzene rings is 1. The molecule has 0 radical (unpaired) electrons. The first-order valence-electron chi connectivity index (χ1n) is 5.72. The minimum atomic E-state index is 0.453. The lowest BCUT2D eigenvalue weighted by Crippen LogP contribution is -2.06. The largest absolute Gasteiger partial charge is 0.384 e. The Hall–Kier alpha value is -2.14. The van der Waals surface area contributed by atoms with Crippen LogP contribution in [0.2, 0.25) is 0 Å². The summed E-state index contributed by atoms with van der Waals surface area (Å²) in [7, 11) is 1.65. The van der Waals surface area contributed by atoms with Crippen molar-refractivity contribution in [1.82, 2.24) is 9.97 Å². The number of nitrogen functional groups attached to an aromatic ring is 1. The Morgan fingerprint density at radius 1 is 1.22 bits per heavy atom. The molecule has 0 aliphatic heterocycles. The van der Waals surface area contributed by atoms with Crippen LogP contribution in [0.15, 0.2) is 36.4 Å². The van der Waals surface area contributed by atoms with Crippen molar-refractivity contribution in [2.45, 2.75) is 6.42 Å². The van der Waals surface area contributed by atoms with Crippen molar-refractivity contribution < 1.29 is 4.74 Å². The summed E-state index contributed by atoms with van der Waals surface area (Å²) in [4.78, 5) is 8.54. The highest BCUT2D eigenvalue weighted by Gasteiger charge is 2.03. The van der Waals surface area contributed by atoms with Crippen molar-refractivity contribution in [2.24, 2.45) is 0 Å². The summed E-state index contributed by atoms with van der Waals surface area (Å²) in [5.41, 5.74) is 6.72. The molecule has 1 aromatic carbocycles. The normalized spacial score (nSPS) is 10.3. The van der Waals surface area contributed by atoms with Crippen molar-refractivity contribution in [1.29, 1.82) is 0 Å². The van der Waals surface area contributed by atoms with Crippen LogP contribution in [0.3, 0.4) is 0 Å². The van der Waals surface area contributed by atoms with E-state index >= 15 is 0 Å². The highest BCUT2D eigenvalue weighted by Crippen LogP contribution is 2.15. The maximum atomic E-state index is 5.75. The zero-order valence-electron chi connectivity index (χ0n) is 10.3. The van der Waals surface area contributed by atoms with E-state index in [1.807, 2.05) is 30.3 Å². The molecule has 2 aromatic rings. The van der Waals surface area contributed by atoms with Crippen LogP contribution in [-0.4, -0.2) is 23.7 Å². The van der Waals surface area contributed by atoms with Gasteiger partial charge in [-0.1, -0.05) is 18.2 Å². The van der Waals surface area contributed by atoms with Crippen molar-refractivity contribution in [3.8, 4) is 0 Å². The third kappa shape index (κ3) is 3.43. The van der Waals surface area contributed by atoms with Gasteiger partial charge in [0.1, 0.15) is 17.5 Å².